The van der Waals surface area contributed by atoms with Crippen molar-refractivity contribution in [3.63, 3.8) is 0 Å². The zero-order valence-electron chi connectivity index (χ0n) is 10.2. The summed E-state index contributed by atoms with van der Waals surface area (Å²) in [6.45, 7) is -2.10. The highest BCUT2D eigenvalue weighted by Crippen LogP contribution is 2.32. The Bertz CT molecular complexity index is 603. The molecule has 0 fully saturated rings. The van der Waals surface area contributed by atoms with Gasteiger partial charge in [0, 0.05) is 0 Å². The third-order valence-electron chi connectivity index (χ3n) is 2.15. The van der Waals surface area contributed by atoms with Crippen LogP contribution in [0.2, 0.25) is 0 Å². The SMILES string of the molecule is COC(=O)c1cc(S(=O)(=O)NCC(F)(F)CN)c(Br)s1. The lowest BCUT2D eigenvalue weighted by Crippen LogP contribution is -2.41. The number of methoxy groups -OCH3 is 1. The molecule has 114 valence electrons. The van der Waals surface area contributed by atoms with Crippen molar-refractivity contribution in [1.82, 2.24) is 4.72 Å². The molecule has 0 amide bonds. The number of alkyl halides is 2. The van der Waals surface area contributed by atoms with Crippen molar-refractivity contribution >= 4 is 43.3 Å². The van der Waals surface area contributed by atoms with Crippen LogP contribution in [0.5, 0.6) is 0 Å². The Morgan fingerprint density at radius 2 is 2.20 bits per heavy atom. The van der Waals surface area contributed by atoms with Crippen LogP contribution < -0.4 is 10.5 Å². The summed E-state index contributed by atoms with van der Waals surface area (Å²) < 4.78 is 56.0. The Morgan fingerprint density at radius 1 is 1.60 bits per heavy atom. The average Bonchev–Trinajstić information content (AvgIpc) is 2.79. The highest BCUT2D eigenvalue weighted by molar-refractivity contribution is 9.11. The summed E-state index contributed by atoms with van der Waals surface area (Å²) in [5, 5.41) is 0. The van der Waals surface area contributed by atoms with Crippen LogP contribution in [0.15, 0.2) is 14.7 Å². The molecule has 1 heterocycles. The summed E-state index contributed by atoms with van der Waals surface area (Å²) in [6.07, 6.45) is 0. The van der Waals surface area contributed by atoms with Gasteiger partial charge in [0.15, 0.2) is 0 Å². The highest BCUT2D eigenvalue weighted by atomic mass is 79.9. The van der Waals surface area contributed by atoms with Gasteiger partial charge in [0.05, 0.1) is 24.0 Å². The summed E-state index contributed by atoms with van der Waals surface area (Å²) in [5.74, 6) is -4.06. The topological polar surface area (TPSA) is 98.5 Å². The number of thiophene rings is 1. The van der Waals surface area contributed by atoms with Crippen molar-refractivity contribution < 1.29 is 26.7 Å². The normalized spacial score (nSPS) is 12.4. The van der Waals surface area contributed by atoms with Crippen molar-refractivity contribution in [2.45, 2.75) is 10.8 Å². The summed E-state index contributed by atoms with van der Waals surface area (Å²) in [6, 6.07) is 1.05. The molecule has 0 saturated carbocycles. The lowest BCUT2D eigenvalue weighted by atomic mass is 10.3. The van der Waals surface area contributed by atoms with Crippen molar-refractivity contribution in [3.8, 4) is 0 Å². The molecule has 20 heavy (non-hydrogen) atoms. The van der Waals surface area contributed by atoms with Gasteiger partial charge in [-0.1, -0.05) is 0 Å². The largest absolute Gasteiger partial charge is 0.465 e. The molecular formula is C9H11BrF2N2O4S2. The molecule has 0 radical (unpaired) electrons. The maximum absolute atomic E-state index is 13.0. The summed E-state index contributed by atoms with van der Waals surface area (Å²) in [5.41, 5.74) is 4.81. The Morgan fingerprint density at radius 3 is 2.70 bits per heavy atom. The number of hydrogen-bond donors (Lipinski definition) is 2. The molecule has 0 aliphatic carbocycles. The van der Waals surface area contributed by atoms with Gasteiger partial charge < -0.3 is 10.5 Å². The standard InChI is InChI=1S/C9H11BrF2N2O4S2/c1-18-8(15)5-2-6(7(10)19-5)20(16,17)14-4-9(11,12)3-13/h2,14H,3-4,13H2,1H3. The third kappa shape index (κ3) is 4.19. The van der Waals surface area contributed by atoms with Crippen LogP contribution in [0.3, 0.4) is 0 Å². The smallest absolute Gasteiger partial charge is 0.348 e. The van der Waals surface area contributed by atoms with Gasteiger partial charge >= 0.3 is 5.97 Å². The first-order valence-electron chi connectivity index (χ1n) is 5.08. The van der Waals surface area contributed by atoms with E-state index in [0.717, 1.165) is 24.5 Å². The number of carbonyl (C=O) groups is 1. The van der Waals surface area contributed by atoms with Crippen molar-refractivity contribution in [2.24, 2.45) is 5.73 Å². The van der Waals surface area contributed by atoms with Crippen LogP contribution in [0.25, 0.3) is 0 Å². The minimum absolute atomic E-state index is 0.0327. The Kier molecular flexibility index (Phi) is 5.61. The van der Waals surface area contributed by atoms with Crippen molar-refractivity contribution in [2.75, 3.05) is 20.2 Å². The van der Waals surface area contributed by atoms with Gasteiger partial charge in [-0.05, 0) is 22.0 Å². The van der Waals surface area contributed by atoms with Crippen LogP contribution in [0.4, 0.5) is 8.78 Å². The zero-order chi connectivity index (χ0) is 15.6. The van der Waals surface area contributed by atoms with E-state index in [2.05, 4.69) is 20.7 Å². The van der Waals surface area contributed by atoms with Crippen LogP contribution in [0, 0.1) is 0 Å². The minimum Gasteiger partial charge on any atom is -0.465 e. The lowest BCUT2D eigenvalue weighted by molar-refractivity contribution is 0.0170. The maximum atomic E-state index is 13.0. The third-order valence-corrected chi connectivity index (χ3v) is 5.78. The van der Waals surface area contributed by atoms with Crippen molar-refractivity contribution in [3.05, 3.63) is 14.7 Å². The van der Waals surface area contributed by atoms with Crippen LogP contribution in [-0.4, -0.2) is 40.5 Å². The maximum Gasteiger partial charge on any atom is 0.348 e. The number of hydrogen-bond acceptors (Lipinski definition) is 6. The van der Waals surface area contributed by atoms with Gasteiger partial charge in [-0.15, -0.1) is 11.3 Å². The number of carbonyl (C=O) groups excluding carboxylic acids is 1. The van der Waals surface area contributed by atoms with Crippen LogP contribution in [-0.2, 0) is 14.8 Å². The van der Waals surface area contributed by atoms with E-state index >= 15 is 0 Å². The molecule has 1 aromatic rings. The fourth-order valence-corrected chi connectivity index (χ4v) is 4.63. The molecule has 0 aliphatic rings. The fourth-order valence-electron chi connectivity index (χ4n) is 1.09. The fraction of sp³-hybridized carbons (Fsp3) is 0.444. The number of ether oxygens (including phenoxy) is 1. The van der Waals surface area contributed by atoms with Gasteiger partial charge in [-0.25, -0.2) is 26.7 Å². The molecule has 0 spiro atoms. The molecule has 0 aliphatic heterocycles. The number of rotatable bonds is 6. The zero-order valence-corrected chi connectivity index (χ0v) is 13.4. The molecule has 3 N–H and O–H groups in total. The average molecular weight is 393 g/mol. The quantitative estimate of drug-likeness (QED) is 0.708. The van der Waals surface area contributed by atoms with E-state index in [1.807, 2.05) is 0 Å². The molecule has 0 unspecified atom stereocenters. The number of esters is 1. The first-order valence-corrected chi connectivity index (χ1v) is 8.17. The second-order valence-electron chi connectivity index (χ2n) is 3.62. The van der Waals surface area contributed by atoms with E-state index in [1.165, 1.54) is 0 Å². The second-order valence-corrected chi connectivity index (χ2v) is 7.73. The summed E-state index contributed by atoms with van der Waals surface area (Å²) >= 11 is 3.79. The first-order chi connectivity index (χ1) is 9.13. The van der Waals surface area contributed by atoms with E-state index in [9.17, 15) is 22.0 Å². The molecule has 11 heteroatoms. The Labute approximate surface area is 126 Å². The van der Waals surface area contributed by atoms with Gasteiger partial charge in [0.2, 0.25) is 10.0 Å². The van der Waals surface area contributed by atoms with Gasteiger partial charge in [0.25, 0.3) is 5.92 Å². The molecule has 0 aromatic carbocycles. The molecule has 0 saturated heterocycles. The second kappa shape index (κ2) is 6.43. The molecule has 0 atom stereocenters. The van der Waals surface area contributed by atoms with Gasteiger partial charge in [-0.3, -0.25) is 0 Å². The number of sulfonamides is 1. The molecule has 6 nitrogen and oxygen atoms in total. The van der Waals surface area contributed by atoms with E-state index in [-0.39, 0.29) is 13.6 Å². The first kappa shape index (κ1) is 17.4. The number of nitrogens with one attached hydrogen (secondary N) is 1. The summed E-state index contributed by atoms with van der Waals surface area (Å²) in [7, 11) is -3.04. The summed E-state index contributed by atoms with van der Waals surface area (Å²) in [4.78, 5) is 11.0. The predicted molar refractivity (Wildman–Crippen MR) is 72.5 cm³/mol. The van der Waals surface area contributed by atoms with Crippen molar-refractivity contribution in [1.29, 1.82) is 0 Å². The van der Waals surface area contributed by atoms with E-state index < -0.39 is 35.0 Å². The predicted octanol–water partition coefficient (Wildman–Crippen LogP) is 1.17. The molecule has 1 aromatic heterocycles. The Hall–Kier alpha value is -0.620. The number of nitrogens with two attached hydrogens (primary N) is 1. The monoisotopic (exact) mass is 392 g/mol. The van der Waals surface area contributed by atoms with E-state index in [0.29, 0.717) is 0 Å². The number of halogens is 3. The lowest BCUT2D eigenvalue weighted by Gasteiger charge is -2.14. The van der Waals surface area contributed by atoms with Gasteiger partial charge in [-0.2, -0.15) is 0 Å². The highest BCUT2D eigenvalue weighted by Gasteiger charge is 2.31. The minimum atomic E-state index is -4.18. The van der Waals surface area contributed by atoms with E-state index in [4.69, 9.17) is 5.73 Å². The Balaban J connectivity index is 2.99. The van der Waals surface area contributed by atoms with Gasteiger partial charge in [0.1, 0.15) is 9.77 Å². The van der Waals surface area contributed by atoms with Crippen LogP contribution in [0.1, 0.15) is 9.67 Å². The molecule has 0 bridgehead atoms. The van der Waals surface area contributed by atoms with E-state index in [1.54, 1.807) is 4.72 Å². The molecular weight excluding hydrogens is 382 g/mol. The molecule has 1 rings (SSSR count). The van der Waals surface area contributed by atoms with Crippen LogP contribution >= 0.6 is 27.3 Å².